The third-order valence-electron chi connectivity index (χ3n) is 4.15. The highest BCUT2D eigenvalue weighted by molar-refractivity contribution is 7.98. The van der Waals surface area contributed by atoms with Crippen molar-refractivity contribution in [1.29, 1.82) is 0 Å². The molecule has 0 fully saturated rings. The van der Waals surface area contributed by atoms with Crippen molar-refractivity contribution in [2.75, 3.05) is 7.11 Å². The highest BCUT2D eigenvalue weighted by Gasteiger charge is 2.16. The van der Waals surface area contributed by atoms with Gasteiger partial charge in [-0.05, 0) is 44.0 Å². The van der Waals surface area contributed by atoms with Crippen LogP contribution < -0.4 is 10.3 Å². The number of halogens is 1. The average Bonchev–Trinajstić information content (AvgIpc) is 2.87. The molecule has 0 N–H and O–H groups in total. The zero-order chi connectivity index (χ0) is 18.1. The van der Waals surface area contributed by atoms with E-state index < -0.39 is 0 Å². The molecule has 0 saturated heterocycles. The monoisotopic (exact) mass is 378 g/mol. The highest BCUT2D eigenvalue weighted by atomic mass is 32.2. The van der Waals surface area contributed by atoms with E-state index in [1.54, 1.807) is 22.0 Å². The van der Waals surface area contributed by atoms with E-state index in [0.29, 0.717) is 22.8 Å². The Bertz CT molecular complexity index is 995. The van der Waals surface area contributed by atoms with Gasteiger partial charge < -0.3 is 4.74 Å². The number of thioether (sulfide) groups is 1. The molecule has 0 saturated carbocycles. The number of thiophene rings is 1. The van der Waals surface area contributed by atoms with Crippen LogP contribution in [0.4, 0.5) is 4.39 Å². The molecular weight excluding hydrogens is 359 g/mol. The maximum atomic E-state index is 13.8. The summed E-state index contributed by atoms with van der Waals surface area (Å²) in [6.45, 7) is 6.45. The summed E-state index contributed by atoms with van der Waals surface area (Å²) in [5.74, 6) is 0.368. The molecule has 2 heterocycles. The third kappa shape index (κ3) is 3.30. The molecule has 3 rings (SSSR count). The first-order chi connectivity index (χ1) is 12.0. The van der Waals surface area contributed by atoms with Crippen LogP contribution >= 0.6 is 23.1 Å². The van der Waals surface area contributed by atoms with Crippen molar-refractivity contribution in [3.8, 4) is 5.75 Å². The van der Waals surface area contributed by atoms with Crippen LogP contribution in [-0.2, 0) is 12.3 Å². The van der Waals surface area contributed by atoms with Gasteiger partial charge in [-0.1, -0.05) is 17.8 Å². The first-order valence-corrected chi connectivity index (χ1v) is 9.72. The molecule has 0 aliphatic heterocycles. The fourth-order valence-electron chi connectivity index (χ4n) is 2.65. The maximum Gasteiger partial charge on any atom is 0.263 e. The molecule has 0 unspecified atom stereocenters. The van der Waals surface area contributed by atoms with Gasteiger partial charge in [0.05, 0.1) is 12.5 Å². The second-order valence-corrected chi connectivity index (χ2v) is 7.81. The molecular formula is C18H19FN2O2S2. The molecule has 0 atom stereocenters. The number of hydrogen-bond acceptors (Lipinski definition) is 5. The predicted octanol–water partition coefficient (Wildman–Crippen LogP) is 4.53. The zero-order valence-corrected chi connectivity index (χ0v) is 16.2. The van der Waals surface area contributed by atoms with Crippen LogP contribution in [0.3, 0.4) is 0 Å². The van der Waals surface area contributed by atoms with Crippen LogP contribution in [0.2, 0.25) is 0 Å². The molecule has 7 heteroatoms. The van der Waals surface area contributed by atoms with Crippen LogP contribution in [0.5, 0.6) is 5.75 Å². The van der Waals surface area contributed by atoms with E-state index in [2.05, 4.69) is 4.98 Å². The summed E-state index contributed by atoms with van der Waals surface area (Å²) in [6.07, 6.45) is 0. The van der Waals surface area contributed by atoms with Crippen LogP contribution in [0.25, 0.3) is 10.2 Å². The van der Waals surface area contributed by atoms with Crippen molar-refractivity contribution in [1.82, 2.24) is 9.55 Å². The molecule has 0 spiro atoms. The Balaban J connectivity index is 1.96. The van der Waals surface area contributed by atoms with Gasteiger partial charge in [0.2, 0.25) is 0 Å². The number of methoxy groups -OCH3 is 1. The smallest absolute Gasteiger partial charge is 0.263 e. The quantitative estimate of drug-likeness (QED) is 0.483. The van der Waals surface area contributed by atoms with Crippen molar-refractivity contribution in [2.24, 2.45) is 0 Å². The van der Waals surface area contributed by atoms with E-state index >= 15 is 0 Å². The van der Waals surface area contributed by atoms with Crippen molar-refractivity contribution in [3.63, 3.8) is 0 Å². The fourth-order valence-corrected chi connectivity index (χ4v) is 4.72. The number of aryl methyl sites for hydroxylation is 2. The SMILES string of the molecule is CCn1c(SCc2ccc(OC)c(F)c2)nc2sc(C)c(C)c2c1=O. The molecule has 1 aromatic carbocycles. The zero-order valence-electron chi connectivity index (χ0n) is 14.6. The second kappa shape index (κ2) is 7.17. The summed E-state index contributed by atoms with van der Waals surface area (Å²) < 4.78 is 20.5. The lowest BCUT2D eigenvalue weighted by atomic mass is 10.2. The summed E-state index contributed by atoms with van der Waals surface area (Å²) in [4.78, 5) is 19.4. The first-order valence-electron chi connectivity index (χ1n) is 7.92. The lowest BCUT2D eigenvalue weighted by Crippen LogP contribution is -2.22. The molecule has 0 aliphatic carbocycles. The fraction of sp³-hybridized carbons (Fsp3) is 0.333. The van der Waals surface area contributed by atoms with Gasteiger partial charge in [-0.3, -0.25) is 9.36 Å². The standard InChI is InChI=1S/C18H19FN2O2S2/c1-5-21-17(22)15-10(2)11(3)25-16(15)20-18(21)24-9-12-6-7-14(23-4)13(19)8-12/h6-8H,5,9H2,1-4H3. The van der Waals surface area contributed by atoms with E-state index in [-0.39, 0.29) is 17.1 Å². The predicted molar refractivity (Wildman–Crippen MR) is 102 cm³/mol. The average molecular weight is 378 g/mol. The van der Waals surface area contributed by atoms with E-state index in [9.17, 15) is 9.18 Å². The lowest BCUT2D eigenvalue weighted by Gasteiger charge is -2.10. The highest BCUT2D eigenvalue weighted by Crippen LogP contribution is 2.30. The lowest BCUT2D eigenvalue weighted by molar-refractivity contribution is 0.386. The molecule has 132 valence electrons. The summed E-state index contributed by atoms with van der Waals surface area (Å²) >= 11 is 2.98. The van der Waals surface area contributed by atoms with Crippen molar-refractivity contribution >= 4 is 33.3 Å². The topological polar surface area (TPSA) is 44.1 Å². The van der Waals surface area contributed by atoms with Gasteiger partial charge in [-0.2, -0.15) is 0 Å². The summed E-state index contributed by atoms with van der Waals surface area (Å²) in [5.41, 5.74) is 1.82. The van der Waals surface area contributed by atoms with Gasteiger partial charge >= 0.3 is 0 Å². The van der Waals surface area contributed by atoms with E-state index in [1.807, 2.05) is 26.8 Å². The van der Waals surface area contributed by atoms with Crippen LogP contribution in [0.1, 0.15) is 22.9 Å². The van der Waals surface area contributed by atoms with E-state index in [0.717, 1.165) is 20.8 Å². The molecule has 4 nitrogen and oxygen atoms in total. The molecule has 0 bridgehead atoms. The Morgan fingerprint density at radius 3 is 2.76 bits per heavy atom. The van der Waals surface area contributed by atoms with Crippen molar-refractivity contribution in [2.45, 2.75) is 38.2 Å². The van der Waals surface area contributed by atoms with Crippen molar-refractivity contribution in [3.05, 3.63) is 50.4 Å². The largest absolute Gasteiger partial charge is 0.494 e. The molecule has 0 aliphatic rings. The van der Waals surface area contributed by atoms with Gasteiger partial charge in [0, 0.05) is 17.2 Å². The summed E-state index contributed by atoms with van der Waals surface area (Å²) in [7, 11) is 1.44. The van der Waals surface area contributed by atoms with Crippen molar-refractivity contribution < 1.29 is 9.13 Å². The van der Waals surface area contributed by atoms with Gasteiger partial charge in [-0.25, -0.2) is 9.37 Å². The van der Waals surface area contributed by atoms with Gasteiger partial charge in [0.25, 0.3) is 5.56 Å². The number of hydrogen-bond donors (Lipinski definition) is 0. The Morgan fingerprint density at radius 1 is 1.36 bits per heavy atom. The Kier molecular flexibility index (Phi) is 5.15. The first kappa shape index (κ1) is 17.9. The Morgan fingerprint density at radius 2 is 2.12 bits per heavy atom. The molecule has 3 aromatic rings. The summed E-state index contributed by atoms with van der Waals surface area (Å²) in [6, 6.07) is 4.89. The number of fused-ring (bicyclic) bond motifs is 1. The Hall–Kier alpha value is -1.86. The molecule has 0 radical (unpaired) electrons. The summed E-state index contributed by atoms with van der Waals surface area (Å²) in [5, 5.41) is 1.38. The third-order valence-corrected chi connectivity index (χ3v) is 6.30. The van der Waals surface area contributed by atoms with Gasteiger partial charge in [0.1, 0.15) is 4.83 Å². The minimum absolute atomic E-state index is 0.00207. The number of nitrogens with zero attached hydrogens (tertiary/aromatic N) is 2. The van der Waals surface area contributed by atoms with Crippen LogP contribution in [-0.4, -0.2) is 16.7 Å². The van der Waals surface area contributed by atoms with Gasteiger partial charge in [-0.15, -0.1) is 11.3 Å². The number of ether oxygens (including phenoxy) is 1. The Labute approximate surface area is 153 Å². The van der Waals surface area contributed by atoms with E-state index in [4.69, 9.17) is 4.74 Å². The van der Waals surface area contributed by atoms with Gasteiger partial charge in [0.15, 0.2) is 16.7 Å². The second-order valence-electron chi connectivity index (χ2n) is 5.66. The normalized spacial score (nSPS) is 11.2. The molecule has 25 heavy (non-hydrogen) atoms. The minimum Gasteiger partial charge on any atom is -0.494 e. The number of benzene rings is 1. The van der Waals surface area contributed by atoms with Crippen LogP contribution in [0.15, 0.2) is 28.2 Å². The molecule has 2 aromatic heterocycles. The number of aromatic nitrogens is 2. The number of rotatable bonds is 5. The van der Waals surface area contributed by atoms with Crippen LogP contribution in [0, 0.1) is 19.7 Å². The van der Waals surface area contributed by atoms with E-state index in [1.165, 1.54) is 24.9 Å². The minimum atomic E-state index is -0.388. The molecule has 0 amide bonds. The maximum absolute atomic E-state index is 13.8.